The number of hydrogen-bond acceptors (Lipinski definition) is 2. The fourth-order valence-electron chi connectivity index (χ4n) is 2.43. The van der Waals surface area contributed by atoms with Gasteiger partial charge in [-0.15, -0.1) is 0 Å². The number of carboxylic acids is 1. The maximum absolute atomic E-state index is 10.9. The summed E-state index contributed by atoms with van der Waals surface area (Å²) in [6.45, 7) is 4.38. The number of hydrogen-bond donors (Lipinski definition) is 1. The molecule has 1 aliphatic rings. The van der Waals surface area contributed by atoms with Crippen LogP contribution in [0, 0.1) is 5.41 Å². The Labute approximate surface area is 111 Å². The van der Waals surface area contributed by atoms with Crippen molar-refractivity contribution in [2.75, 3.05) is 6.61 Å². The zero-order valence-electron chi connectivity index (χ0n) is 11.9. The van der Waals surface area contributed by atoms with Gasteiger partial charge in [-0.2, -0.15) is 0 Å². The highest BCUT2D eigenvalue weighted by Crippen LogP contribution is 2.24. The Morgan fingerprint density at radius 1 is 1.17 bits per heavy atom. The van der Waals surface area contributed by atoms with Gasteiger partial charge in [-0.05, 0) is 39.5 Å². The maximum Gasteiger partial charge on any atom is 0.309 e. The third-order valence-electron chi connectivity index (χ3n) is 3.93. The summed E-state index contributed by atoms with van der Waals surface area (Å²) in [6.07, 6.45) is 10.8. The van der Waals surface area contributed by atoms with Crippen molar-refractivity contribution < 1.29 is 14.6 Å². The van der Waals surface area contributed by atoms with E-state index in [1.165, 1.54) is 38.5 Å². The van der Waals surface area contributed by atoms with Crippen molar-refractivity contribution in [1.29, 1.82) is 0 Å². The second-order valence-electron chi connectivity index (χ2n) is 6.13. The van der Waals surface area contributed by atoms with Crippen molar-refractivity contribution in [1.82, 2.24) is 0 Å². The summed E-state index contributed by atoms with van der Waals surface area (Å²) in [5.74, 6) is -0.702. The lowest BCUT2D eigenvalue weighted by molar-refractivity contribution is -0.147. The smallest absolute Gasteiger partial charge is 0.309 e. The first-order valence-corrected chi connectivity index (χ1v) is 7.37. The van der Waals surface area contributed by atoms with Gasteiger partial charge in [0.2, 0.25) is 0 Å². The van der Waals surface area contributed by atoms with E-state index in [1.54, 1.807) is 13.8 Å². The molecule has 3 heteroatoms. The molecule has 3 nitrogen and oxygen atoms in total. The number of rotatable bonds is 7. The van der Waals surface area contributed by atoms with Crippen LogP contribution in [0.3, 0.4) is 0 Å². The van der Waals surface area contributed by atoms with E-state index in [-0.39, 0.29) is 0 Å². The fraction of sp³-hybridized carbons (Fsp3) is 0.933. The first kappa shape index (κ1) is 15.5. The fourth-order valence-corrected chi connectivity index (χ4v) is 2.43. The molecule has 0 saturated heterocycles. The molecule has 0 radical (unpaired) electrons. The molecule has 1 rings (SSSR count). The molecule has 106 valence electrons. The third-order valence-corrected chi connectivity index (χ3v) is 3.93. The molecule has 0 unspecified atom stereocenters. The summed E-state index contributed by atoms with van der Waals surface area (Å²) in [5.41, 5.74) is -0.595. The van der Waals surface area contributed by atoms with E-state index in [2.05, 4.69) is 0 Å². The summed E-state index contributed by atoms with van der Waals surface area (Å²) < 4.78 is 5.89. The minimum Gasteiger partial charge on any atom is -0.481 e. The third kappa shape index (κ3) is 5.85. The number of carbonyl (C=O) groups is 1. The van der Waals surface area contributed by atoms with Gasteiger partial charge in [-0.25, -0.2) is 0 Å². The highest BCUT2D eigenvalue weighted by Gasteiger charge is 2.26. The molecule has 1 fully saturated rings. The van der Waals surface area contributed by atoms with Crippen LogP contribution < -0.4 is 0 Å². The average molecular weight is 256 g/mol. The second kappa shape index (κ2) is 7.78. The summed E-state index contributed by atoms with van der Waals surface area (Å²) in [4.78, 5) is 10.9. The molecule has 0 bridgehead atoms. The van der Waals surface area contributed by atoms with Gasteiger partial charge in [-0.3, -0.25) is 4.79 Å². The molecule has 0 aromatic rings. The predicted octanol–water partition coefficient (Wildman–Crippen LogP) is 4.01. The summed E-state index contributed by atoms with van der Waals surface area (Å²) >= 11 is 0. The van der Waals surface area contributed by atoms with Crippen LogP contribution in [0.2, 0.25) is 0 Å². The normalized spacial score (nSPS) is 18.6. The Balaban J connectivity index is 2.06. The van der Waals surface area contributed by atoms with Crippen molar-refractivity contribution in [2.45, 2.75) is 77.7 Å². The Kier molecular flexibility index (Phi) is 6.69. The molecule has 1 aliphatic carbocycles. The Morgan fingerprint density at radius 2 is 1.78 bits per heavy atom. The minimum absolute atomic E-state index is 0.458. The van der Waals surface area contributed by atoms with Gasteiger partial charge >= 0.3 is 5.97 Å². The first-order chi connectivity index (χ1) is 8.52. The standard InChI is InChI=1S/C15H28O3/c1-15(2,14(16)17)11-7-8-12-18-13-9-5-3-4-6-10-13/h13H,3-12H2,1-2H3,(H,16,17). The van der Waals surface area contributed by atoms with E-state index in [1.807, 2.05) is 0 Å². The van der Waals surface area contributed by atoms with Crippen LogP contribution in [-0.2, 0) is 9.53 Å². The monoisotopic (exact) mass is 256 g/mol. The Morgan fingerprint density at radius 3 is 2.33 bits per heavy atom. The number of carboxylic acid groups (broad SMARTS) is 1. The second-order valence-corrected chi connectivity index (χ2v) is 6.13. The van der Waals surface area contributed by atoms with Crippen molar-refractivity contribution in [3.8, 4) is 0 Å². The summed E-state index contributed by atoms with van der Waals surface area (Å²) in [5, 5.41) is 9.00. The van der Waals surface area contributed by atoms with Crippen LogP contribution in [-0.4, -0.2) is 23.8 Å². The van der Waals surface area contributed by atoms with Gasteiger partial charge in [0.1, 0.15) is 0 Å². The lowest BCUT2D eigenvalue weighted by atomic mass is 9.87. The summed E-state index contributed by atoms with van der Waals surface area (Å²) in [6, 6.07) is 0. The molecule has 0 aromatic carbocycles. The molecule has 0 aromatic heterocycles. The Hall–Kier alpha value is -0.570. The molecule has 0 atom stereocenters. The zero-order chi connectivity index (χ0) is 13.4. The molecule has 18 heavy (non-hydrogen) atoms. The largest absolute Gasteiger partial charge is 0.481 e. The van der Waals surface area contributed by atoms with E-state index < -0.39 is 11.4 Å². The van der Waals surface area contributed by atoms with Crippen LogP contribution in [0.1, 0.15) is 71.6 Å². The summed E-state index contributed by atoms with van der Waals surface area (Å²) in [7, 11) is 0. The van der Waals surface area contributed by atoms with E-state index >= 15 is 0 Å². The van der Waals surface area contributed by atoms with Crippen LogP contribution in [0.25, 0.3) is 0 Å². The van der Waals surface area contributed by atoms with Gasteiger partial charge in [0, 0.05) is 6.61 Å². The lowest BCUT2D eigenvalue weighted by Gasteiger charge is -2.19. The van der Waals surface area contributed by atoms with Crippen LogP contribution >= 0.6 is 0 Å². The topological polar surface area (TPSA) is 46.5 Å². The molecule has 0 aliphatic heterocycles. The molecule has 1 saturated carbocycles. The number of aliphatic carboxylic acids is 1. The molecular formula is C15H28O3. The SMILES string of the molecule is CC(C)(CCCCOC1CCCCCC1)C(=O)O. The molecule has 0 spiro atoms. The lowest BCUT2D eigenvalue weighted by Crippen LogP contribution is -2.23. The molecule has 0 heterocycles. The Bertz CT molecular complexity index is 240. The highest BCUT2D eigenvalue weighted by molar-refractivity contribution is 5.73. The molecular weight excluding hydrogens is 228 g/mol. The highest BCUT2D eigenvalue weighted by atomic mass is 16.5. The quantitative estimate of drug-likeness (QED) is 0.553. The first-order valence-electron chi connectivity index (χ1n) is 7.37. The van der Waals surface area contributed by atoms with Crippen molar-refractivity contribution in [2.24, 2.45) is 5.41 Å². The van der Waals surface area contributed by atoms with Crippen LogP contribution in [0.5, 0.6) is 0 Å². The predicted molar refractivity (Wildman–Crippen MR) is 72.7 cm³/mol. The van der Waals surface area contributed by atoms with Gasteiger partial charge < -0.3 is 9.84 Å². The van der Waals surface area contributed by atoms with Gasteiger partial charge in [0.05, 0.1) is 11.5 Å². The van der Waals surface area contributed by atoms with Gasteiger partial charge in [0.25, 0.3) is 0 Å². The van der Waals surface area contributed by atoms with E-state index in [0.29, 0.717) is 6.10 Å². The number of ether oxygens (including phenoxy) is 1. The minimum atomic E-state index is -0.702. The van der Waals surface area contributed by atoms with E-state index in [4.69, 9.17) is 9.84 Å². The number of unbranched alkanes of at least 4 members (excludes halogenated alkanes) is 1. The van der Waals surface area contributed by atoms with Crippen molar-refractivity contribution in [3.05, 3.63) is 0 Å². The van der Waals surface area contributed by atoms with E-state index in [9.17, 15) is 4.79 Å². The van der Waals surface area contributed by atoms with Crippen LogP contribution in [0.4, 0.5) is 0 Å². The maximum atomic E-state index is 10.9. The average Bonchev–Trinajstić information content (AvgIpc) is 2.57. The van der Waals surface area contributed by atoms with Crippen molar-refractivity contribution in [3.63, 3.8) is 0 Å². The van der Waals surface area contributed by atoms with Crippen molar-refractivity contribution >= 4 is 5.97 Å². The van der Waals surface area contributed by atoms with Gasteiger partial charge in [0.15, 0.2) is 0 Å². The van der Waals surface area contributed by atoms with E-state index in [0.717, 1.165) is 25.9 Å². The molecule has 0 amide bonds. The van der Waals surface area contributed by atoms with Gasteiger partial charge in [-0.1, -0.05) is 32.1 Å². The van der Waals surface area contributed by atoms with Crippen LogP contribution in [0.15, 0.2) is 0 Å². The zero-order valence-corrected chi connectivity index (χ0v) is 11.9. The molecule has 1 N–H and O–H groups in total.